The molecule has 1 atom stereocenters. The van der Waals surface area contributed by atoms with Gasteiger partial charge in [-0.15, -0.1) is 10.2 Å². The molecule has 9 nitrogen and oxygen atoms in total. The summed E-state index contributed by atoms with van der Waals surface area (Å²) in [5.74, 6) is 1.56. The minimum Gasteiger partial charge on any atom is -0.495 e. The van der Waals surface area contributed by atoms with E-state index in [1.54, 1.807) is 7.11 Å². The van der Waals surface area contributed by atoms with E-state index in [4.69, 9.17) is 14.2 Å². The first-order valence-electron chi connectivity index (χ1n) is 10.2. The van der Waals surface area contributed by atoms with E-state index in [1.807, 2.05) is 24.3 Å². The molecule has 0 radical (unpaired) electrons. The number of carbonyl (C=O) groups excluding carboxylic acids is 1. The highest BCUT2D eigenvalue weighted by Gasteiger charge is 2.25. The number of benzene rings is 1. The Morgan fingerprint density at radius 1 is 1.27 bits per heavy atom. The van der Waals surface area contributed by atoms with Crippen molar-refractivity contribution < 1.29 is 19.0 Å². The van der Waals surface area contributed by atoms with Crippen molar-refractivity contribution in [3.63, 3.8) is 0 Å². The molecule has 1 N–H and O–H groups in total. The van der Waals surface area contributed by atoms with E-state index in [0.717, 1.165) is 43.6 Å². The molecule has 0 spiro atoms. The van der Waals surface area contributed by atoms with E-state index in [0.29, 0.717) is 31.2 Å². The number of amides is 1. The van der Waals surface area contributed by atoms with Crippen LogP contribution in [0.1, 0.15) is 12.8 Å². The summed E-state index contributed by atoms with van der Waals surface area (Å²) >= 11 is 1.38. The van der Waals surface area contributed by atoms with E-state index in [-0.39, 0.29) is 17.8 Å². The zero-order valence-electron chi connectivity index (χ0n) is 17.1. The highest BCUT2D eigenvalue weighted by Crippen LogP contribution is 2.27. The number of para-hydroxylation sites is 2. The van der Waals surface area contributed by atoms with Crippen LogP contribution < -0.4 is 15.0 Å². The number of nitrogens with zero attached hydrogens (tertiary/aromatic N) is 4. The van der Waals surface area contributed by atoms with Gasteiger partial charge in [-0.3, -0.25) is 9.36 Å². The van der Waals surface area contributed by atoms with Gasteiger partial charge in [0.1, 0.15) is 5.75 Å². The van der Waals surface area contributed by atoms with Gasteiger partial charge in [-0.1, -0.05) is 23.9 Å². The normalized spacial score (nSPS) is 19.1. The van der Waals surface area contributed by atoms with Crippen molar-refractivity contribution in [2.24, 2.45) is 0 Å². The van der Waals surface area contributed by atoms with Crippen molar-refractivity contribution in [3.8, 4) is 5.75 Å². The number of morpholine rings is 1. The van der Waals surface area contributed by atoms with Gasteiger partial charge in [-0.2, -0.15) is 0 Å². The Bertz CT molecular complexity index is 849. The molecule has 4 rings (SSSR count). The standard InChI is InChI=1S/C20H27N5O4S/c1-27-17-7-3-2-6-16(17)21-18(26)14-30-20-23-22-19(24-8-11-28-12-9-24)25(20)13-15-5-4-10-29-15/h2-3,6-7,15H,4-5,8-14H2,1H3,(H,21,26). The predicted molar refractivity (Wildman–Crippen MR) is 114 cm³/mol. The number of thioether (sulfide) groups is 1. The molecule has 10 heteroatoms. The Hall–Kier alpha value is -2.30. The smallest absolute Gasteiger partial charge is 0.234 e. The lowest BCUT2D eigenvalue weighted by molar-refractivity contribution is -0.113. The number of methoxy groups -OCH3 is 1. The molecule has 1 aromatic heterocycles. The van der Waals surface area contributed by atoms with Crippen molar-refractivity contribution in [2.45, 2.75) is 30.6 Å². The fourth-order valence-corrected chi connectivity index (χ4v) is 4.34. The maximum Gasteiger partial charge on any atom is 0.234 e. The summed E-state index contributed by atoms with van der Waals surface area (Å²) in [7, 11) is 1.58. The van der Waals surface area contributed by atoms with Crippen LogP contribution in [-0.2, 0) is 20.8 Å². The topological polar surface area (TPSA) is 90.7 Å². The number of ether oxygens (including phenoxy) is 3. The Morgan fingerprint density at radius 2 is 2.10 bits per heavy atom. The highest BCUT2D eigenvalue weighted by molar-refractivity contribution is 7.99. The number of nitrogens with one attached hydrogen (secondary N) is 1. The van der Waals surface area contributed by atoms with Crippen LogP contribution in [0.3, 0.4) is 0 Å². The molecule has 2 aliphatic heterocycles. The summed E-state index contributed by atoms with van der Waals surface area (Å²) in [6.45, 7) is 4.40. The molecule has 162 valence electrons. The van der Waals surface area contributed by atoms with Crippen molar-refractivity contribution in [2.75, 3.05) is 56.0 Å². The Kier molecular flexibility index (Phi) is 7.08. The first-order valence-corrected chi connectivity index (χ1v) is 11.2. The fourth-order valence-electron chi connectivity index (χ4n) is 3.60. The number of aromatic nitrogens is 3. The Morgan fingerprint density at radius 3 is 2.87 bits per heavy atom. The highest BCUT2D eigenvalue weighted by atomic mass is 32.2. The number of anilines is 2. The summed E-state index contributed by atoms with van der Waals surface area (Å²) < 4.78 is 18.7. The van der Waals surface area contributed by atoms with Crippen molar-refractivity contribution in [3.05, 3.63) is 24.3 Å². The van der Waals surface area contributed by atoms with Crippen LogP contribution in [-0.4, -0.2) is 72.5 Å². The van der Waals surface area contributed by atoms with Crippen LogP contribution in [0.15, 0.2) is 29.4 Å². The molecule has 2 saturated heterocycles. The molecule has 2 fully saturated rings. The van der Waals surface area contributed by atoms with E-state index in [1.165, 1.54) is 11.8 Å². The first-order chi connectivity index (χ1) is 14.7. The zero-order chi connectivity index (χ0) is 20.8. The van der Waals surface area contributed by atoms with E-state index >= 15 is 0 Å². The van der Waals surface area contributed by atoms with Crippen LogP contribution in [0, 0.1) is 0 Å². The maximum atomic E-state index is 12.5. The monoisotopic (exact) mass is 433 g/mol. The molecule has 3 heterocycles. The van der Waals surface area contributed by atoms with Crippen LogP contribution >= 0.6 is 11.8 Å². The SMILES string of the molecule is COc1ccccc1NC(=O)CSc1nnc(N2CCOCC2)n1CC1CCCO1. The molecule has 30 heavy (non-hydrogen) atoms. The van der Waals surface area contributed by atoms with Gasteiger partial charge in [-0.25, -0.2) is 0 Å². The van der Waals surface area contributed by atoms with Crippen LogP contribution in [0.25, 0.3) is 0 Å². The van der Waals surface area contributed by atoms with Crippen LogP contribution in [0.4, 0.5) is 11.6 Å². The van der Waals surface area contributed by atoms with E-state index in [9.17, 15) is 4.79 Å². The molecule has 1 amide bonds. The van der Waals surface area contributed by atoms with Crippen LogP contribution in [0.5, 0.6) is 5.75 Å². The number of hydrogen-bond donors (Lipinski definition) is 1. The second-order valence-corrected chi connectivity index (χ2v) is 8.11. The van der Waals surface area contributed by atoms with Crippen molar-refractivity contribution in [1.82, 2.24) is 14.8 Å². The molecule has 1 unspecified atom stereocenters. The summed E-state index contributed by atoms with van der Waals surface area (Å²) in [5.41, 5.74) is 0.653. The summed E-state index contributed by atoms with van der Waals surface area (Å²) in [4.78, 5) is 14.7. The fraction of sp³-hybridized carbons (Fsp3) is 0.550. The number of rotatable bonds is 8. The Labute approximate surface area is 180 Å². The average molecular weight is 434 g/mol. The number of hydrogen-bond acceptors (Lipinski definition) is 8. The Balaban J connectivity index is 1.44. The minimum atomic E-state index is -0.121. The maximum absolute atomic E-state index is 12.5. The largest absolute Gasteiger partial charge is 0.495 e. The molecular weight excluding hydrogens is 406 g/mol. The van der Waals surface area contributed by atoms with Gasteiger partial charge in [0.15, 0.2) is 5.16 Å². The molecule has 1 aromatic carbocycles. The summed E-state index contributed by atoms with van der Waals surface area (Å²) in [6.07, 6.45) is 2.25. The molecular formula is C20H27N5O4S. The third-order valence-corrected chi connectivity index (χ3v) is 6.08. The van der Waals surface area contributed by atoms with Gasteiger partial charge >= 0.3 is 0 Å². The van der Waals surface area contributed by atoms with Gasteiger partial charge in [-0.05, 0) is 25.0 Å². The molecule has 2 aromatic rings. The quantitative estimate of drug-likeness (QED) is 0.633. The molecule has 0 bridgehead atoms. The summed E-state index contributed by atoms with van der Waals surface area (Å²) in [6, 6.07) is 7.36. The molecule has 2 aliphatic rings. The second kappa shape index (κ2) is 10.1. The van der Waals surface area contributed by atoms with Gasteiger partial charge in [0.25, 0.3) is 0 Å². The van der Waals surface area contributed by atoms with Gasteiger partial charge in [0.05, 0.1) is 44.4 Å². The van der Waals surface area contributed by atoms with Gasteiger partial charge < -0.3 is 24.4 Å². The predicted octanol–water partition coefficient (Wildman–Crippen LogP) is 2.03. The first kappa shape index (κ1) is 21.0. The molecule has 0 aliphatic carbocycles. The van der Waals surface area contributed by atoms with Crippen molar-refractivity contribution >= 4 is 29.3 Å². The van der Waals surface area contributed by atoms with Crippen molar-refractivity contribution in [1.29, 1.82) is 0 Å². The lowest BCUT2D eigenvalue weighted by Gasteiger charge is -2.28. The lowest BCUT2D eigenvalue weighted by Crippen LogP contribution is -2.38. The average Bonchev–Trinajstić information content (AvgIpc) is 3.44. The van der Waals surface area contributed by atoms with Gasteiger partial charge in [0, 0.05) is 19.7 Å². The molecule has 0 saturated carbocycles. The lowest BCUT2D eigenvalue weighted by atomic mass is 10.2. The minimum absolute atomic E-state index is 0.121. The second-order valence-electron chi connectivity index (χ2n) is 7.16. The van der Waals surface area contributed by atoms with E-state index < -0.39 is 0 Å². The zero-order valence-corrected chi connectivity index (χ0v) is 17.9. The third kappa shape index (κ3) is 5.05. The van der Waals surface area contributed by atoms with E-state index in [2.05, 4.69) is 25.0 Å². The third-order valence-electron chi connectivity index (χ3n) is 5.11. The summed E-state index contributed by atoms with van der Waals surface area (Å²) in [5, 5.41) is 12.4. The number of carbonyl (C=O) groups is 1. The van der Waals surface area contributed by atoms with Gasteiger partial charge in [0.2, 0.25) is 11.9 Å². The van der Waals surface area contributed by atoms with Crippen LogP contribution in [0.2, 0.25) is 0 Å².